The summed E-state index contributed by atoms with van der Waals surface area (Å²) in [4.78, 5) is 8.77. The van der Waals surface area contributed by atoms with Crippen molar-refractivity contribution in [2.75, 3.05) is 5.43 Å². The minimum Gasteiger partial charge on any atom is -0.261 e. The number of aromatic nitrogens is 2. The molecule has 0 amide bonds. The monoisotopic (exact) mass is 292 g/mol. The van der Waals surface area contributed by atoms with Crippen LogP contribution in [0, 0.1) is 13.8 Å². The molecule has 112 valence electrons. The van der Waals surface area contributed by atoms with Gasteiger partial charge in [0.25, 0.3) is 0 Å². The van der Waals surface area contributed by atoms with Crippen molar-refractivity contribution in [1.29, 1.82) is 0 Å². The van der Waals surface area contributed by atoms with Crippen molar-refractivity contribution in [1.82, 2.24) is 9.97 Å². The van der Waals surface area contributed by atoms with Gasteiger partial charge in [-0.25, -0.2) is 9.97 Å². The number of allylic oxidation sites excluding steroid dienone is 2. The molecule has 1 aromatic heterocycles. The van der Waals surface area contributed by atoms with E-state index in [1.165, 1.54) is 0 Å². The van der Waals surface area contributed by atoms with Crippen molar-refractivity contribution >= 4 is 18.1 Å². The summed E-state index contributed by atoms with van der Waals surface area (Å²) in [5.41, 5.74) is 6.09. The molecule has 2 aromatic rings. The number of hydrazone groups is 1. The van der Waals surface area contributed by atoms with Gasteiger partial charge in [0.2, 0.25) is 0 Å². The molecule has 0 fully saturated rings. The first-order valence-electron chi connectivity index (χ1n) is 7.16. The normalized spacial score (nSPS) is 11.2. The number of nitrogens with zero attached hydrogens (tertiary/aromatic N) is 3. The zero-order valence-corrected chi connectivity index (χ0v) is 13.0. The van der Waals surface area contributed by atoms with Crippen LogP contribution in [0.4, 0.5) is 5.82 Å². The lowest BCUT2D eigenvalue weighted by Gasteiger charge is -2.09. The van der Waals surface area contributed by atoms with Crippen LogP contribution in [0.2, 0.25) is 0 Å². The number of hydrogen-bond acceptors (Lipinski definition) is 4. The SMILES string of the molecule is C=CCc1c(C)nc(C)nc1N/N=C/C=C/c1ccccc1. The molecule has 0 spiro atoms. The third kappa shape index (κ3) is 4.38. The van der Waals surface area contributed by atoms with Crippen LogP contribution in [-0.2, 0) is 6.42 Å². The second-order valence-electron chi connectivity index (χ2n) is 4.84. The van der Waals surface area contributed by atoms with Crippen molar-refractivity contribution in [3.8, 4) is 0 Å². The first-order chi connectivity index (χ1) is 10.7. The Hall–Kier alpha value is -2.75. The van der Waals surface area contributed by atoms with E-state index in [1.54, 1.807) is 6.21 Å². The maximum atomic E-state index is 4.40. The number of aryl methyl sites for hydroxylation is 2. The Morgan fingerprint density at radius 3 is 2.68 bits per heavy atom. The van der Waals surface area contributed by atoms with E-state index < -0.39 is 0 Å². The fourth-order valence-electron chi connectivity index (χ4n) is 2.08. The number of nitrogens with one attached hydrogen (secondary N) is 1. The summed E-state index contributed by atoms with van der Waals surface area (Å²) in [6, 6.07) is 10.1. The van der Waals surface area contributed by atoms with Gasteiger partial charge < -0.3 is 0 Å². The molecule has 22 heavy (non-hydrogen) atoms. The maximum absolute atomic E-state index is 4.40. The number of anilines is 1. The summed E-state index contributed by atoms with van der Waals surface area (Å²) < 4.78 is 0. The van der Waals surface area contributed by atoms with Crippen molar-refractivity contribution in [2.45, 2.75) is 20.3 Å². The van der Waals surface area contributed by atoms with Gasteiger partial charge in [0.1, 0.15) is 5.82 Å². The predicted molar refractivity (Wildman–Crippen MR) is 93.0 cm³/mol. The van der Waals surface area contributed by atoms with Crippen molar-refractivity contribution < 1.29 is 0 Å². The van der Waals surface area contributed by atoms with Crippen molar-refractivity contribution in [2.24, 2.45) is 5.10 Å². The maximum Gasteiger partial charge on any atom is 0.153 e. The van der Waals surface area contributed by atoms with Gasteiger partial charge in [-0.2, -0.15) is 5.10 Å². The van der Waals surface area contributed by atoms with Gasteiger partial charge in [0, 0.05) is 17.5 Å². The van der Waals surface area contributed by atoms with Crippen LogP contribution in [0.3, 0.4) is 0 Å². The predicted octanol–water partition coefficient (Wildman–Crippen LogP) is 3.93. The van der Waals surface area contributed by atoms with Crippen LogP contribution >= 0.6 is 0 Å². The lowest BCUT2D eigenvalue weighted by molar-refractivity contribution is 0.964. The Labute approximate surface area is 131 Å². The Kier molecular flexibility index (Phi) is 5.60. The number of benzene rings is 1. The molecule has 1 N–H and O–H groups in total. The Morgan fingerprint density at radius 2 is 1.95 bits per heavy atom. The molecule has 0 saturated carbocycles. The van der Waals surface area contributed by atoms with E-state index in [0.29, 0.717) is 6.42 Å². The molecule has 0 atom stereocenters. The molecule has 0 bridgehead atoms. The molecule has 0 aliphatic carbocycles. The molecular formula is C18H20N4. The molecular weight excluding hydrogens is 272 g/mol. The highest BCUT2D eigenvalue weighted by Gasteiger charge is 2.07. The minimum absolute atomic E-state index is 0.712. The Balaban J connectivity index is 2.06. The summed E-state index contributed by atoms with van der Waals surface area (Å²) in [6.45, 7) is 7.61. The van der Waals surface area contributed by atoms with Crippen LogP contribution in [0.15, 0.2) is 54.2 Å². The summed E-state index contributed by atoms with van der Waals surface area (Å²) in [5, 5.41) is 4.20. The van der Waals surface area contributed by atoms with Gasteiger partial charge in [-0.3, -0.25) is 5.43 Å². The van der Waals surface area contributed by atoms with E-state index in [9.17, 15) is 0 Å². The van der Waals surface area contributed by atoms with E-state index in [1.807, 2.05) is 62.4 Å². The van der Waals surface area contributed by atoms with Gasteiger partial charge in [-0.05, 0) is 31.9 Å². The van der Waals surface area contributed by atoms with E-state index >= 15 is 0 Å². The van der Waals surface area contributed by atoms with Gasteiger partial charge in [-0.1, -0.05) is 42.5 Å². The lowest BCUT2D eigenvalue weighted by Crippen LogP contribution is -2.04. The molecule has 1 heterocycles. The molecule has 0 radical (unpaired) electrons. The van der Waals surface area contributed by atoms with E-state index in [4.69, 9.17) is 0 Å². The van der Waals surface area contributed by atoms with Crippen LogP contribution in [0.5, 0.6) is 0 Å². The van der Waals surface area contributed by atoms with Gasteiger partial charge in [-0.15, -0.1) is 6.58 Å². The highest BCUT2D eigenvalue weighted by atomic mass is 15.3. The summed E-state index contributed by atoms with van der Waals surface area (Å²) in [6.07, 6.45) is 8.13. The molecule has 2 rings (SSSR count). The number of rotatable bonds is 6. The van der Waals surface area contributed by atoms with E-state index in [0.717, 1.165) is 28.5 Å². The highest BCUT2D eigenvalue weighted by Crippen LogP contribution is 2.17. The molecule has 0 unspecified atom stereocenters. The molecule has 0 saturated heterocycles. The third-order valence-corrected chi connectivity index (χ3v) is 3.09. The smallest absolute Gasteiger partial charge is 0.153 e. The summed E-state index contributed by atoms with van der Waals surface area (Å²) in [5.74, 6) is 1.46. The lowest BCUT2D eigenvalue weighted by atomic mass is 10.1. The molecule has 0 aliphatic rings. The largest absolute Gasteiger partial charge is 0.261 e. The average molecular weight is 292 g/mol. The first kappa shape index (κ1) is 15.6. The van der Waals surface area contributed by atoms with E-state index in [2.05, 4.69) is 27.1 Å². The second kappa shape index (κ2) is 7.88. The fraction of sp³-hybridized carbons (Fsp3) is 0.167. The zero-order chi connectivity index (χ0) is 15.8. The van der Waals surface area contributed by atoms with Gasteiger partial charge >= 0.3 is 0 Å². The van der Waals surface area contributed by atoms with Crippen molar-refractivity contribution in [3.05, 3.63) is 71.7 Å². The van der Waals surface area contributed by atoms with Gasteiger partial charge in [0.05, 0.1) is 0 Å². The fourth-order valence-corrected chi connectivity index (χ4v) is 2.08. The van der Waals surface area contributed by atoms with Crippen molar-refractivity contribution in [3.63, 3.8) is 0 Å². The van der Waals surface area contributed by atoms with E-state index in [-0.39, 0.29) is 0 Å². The van der Waals surface area contributed by atoms with Crippen LogP contribution < -0.4 is 5.43 Å². The minimum atomic E-state index is 0.712. The highest BCUT2D eigenvalue weighted by molar-refractivity contribution is 5.78. The molecule has 4 nitrogen and oxygen atoms in total. The number of hydrogen-bond donors (Lipinski definition) is 1. The second-order valence-corrected chi connectivity index (χ2v) is 4.84. The quantitative estimate of drug-likeness (QED) is 0.498. The zero-order valence-electron chi connectivity index (χ0n) is 13.0. The van der Waals surface area contributed by atoms with Crippen LogP contribution in [0.25, 0.3) is 6.08 Å². The molecule has 0 aliphatic heterocycles. The standard InChI is InChI=1S/C18H20N4/c1-4-9-17-14(2)20-15(3)21-18(17)22-19-13-8-12-16-10-6-5-7-11-16/h4-8,10-13H,1,9H2,2-3H3,(H,20,21,22)/b12-8+,19-13+. The van der Waals surface area contributed by atoms with Crippen LogP contribution in [0.1, 0.15) is 22.6 Å². The Bertz CT molecular complexity index is 688. The third-order valence-electron chi connectivity index (χ3n) is 3.09. The molecule has 4 heteroatoms. The average Bonchev–Trinajstić information content (AvgIpc) is 2.51. The topological polar surface area (TPSA) is 50.2 Å². The first-order valence-corrected chi connectivity index (χ1v) is 7.16. The Morgan fingerprint density at radius 1 is 1.18 bits per heavy atom. The van der Waals surface area contributed by atoms with Gasteiger partial charge in [0.15, 0.2) is 5.82 Å². The summed E-state index contributed by atoms with van der Waals surface area (Å²) >= 11 is 0. The summed E-state index contributed by atoms with van der Waals surface area (Å²) in [7, 11) is 0. The molecule has 1 aromatic carbocycles. The van der Waals surface area contributed by atoms with Crippen LogP contribution in [-0.4, -0.2) is 16.2 Å².